The molecule has 24 heavy (non-hydrogen) atoms. The van der Waals surface area contributed by atoms with Crippen LogP contribution in [0.4, 0.5) is 0 Å². The SMILES string of the molecule is O=C(c1cccc(OCc2cccc(Cl)c2)c1)N1CCCNCC1. The van der Waals surface area contributed by atoms with Crippen LogP contribution >= 0.6 is 11.6 Å². The van der Waals surface area contributed by atoms with E-state index in [9.17, 15) is 4.79 Å². The van der Waals surface area contributed by atoms with Crippen molar-refractivity contribution in [1.29, 1.82) is 0 Å². The summed E-state index contributed by atoms with van der Waals surface area (Å²) in [4.78, 5) is 14.5. The lowest BCUT2D eigenvalue weighted by Crippen LogP contribution is -2.34. The van der Waals surface area contributed by atoms with Crippen LogP contribution in [0.5, 0.6) is 5.75 Å². The Balaban J connectivity index is 1.66. The Morgan fingerprint density at radius 2 is 2.00 bits per heavy atom. The third-order valence-electron chi connectivity index (χ3n) is 4.00. The molecule has 0 spiro atoms. The molecule has 1 fully saturated rings. The van der Waals surface area contributed by atoms with Gasteiger partial charge in [0, 0.05) is 30.2 Å². The molecular formula is C19H21ClN2O2. The van der Waals surface area contributed by atoms with Crippen molar-refractivity contribution < 1.29 is 9.53 Å². The Labute approximate surface area is 147 Å². The molecule has 1 heterocycles. The summed E-state index contributed by atoms with van der Waals surface area (Å²) in [6.07, 6.45) is 0.983. The predicted molar refractivity (Wildman–Crippen MR) is 95.6 cm³/mol. The van der Waals surface area contributed by atoms with Crippen LogP contribution in [0.2, 0.25) is 5.02 Å². The first-order chi connectivity index (χ1) is 11.7. The van der Waals surface area contributed by atoms with Gasteiger partial charge in [0.05, 0.1) is 0 Å². The van der Waals surface area contributed by atoms with Crippen LogP contribution in [-0.2, 0) is 6.61 Å². The summed E-state index contributed by atoms with van der Waals surface area (Å²) in [5, 5.41) is 4.00. The van der Waals surface area contributed by atoms with Gasteiger partial charge in [-0.05, 0) is 48.9 Å². The molecule has 0 aromatic heterocycles. The monoisotopic (exact) mass is 344 g/mol. The third kappa shape index (κ3) is 4.49. The topological polar surface area (TPSA) is 41.6 Å². The van der Waals surface area contributed by atoms with E-state index in [2.05, 4.69) is 5.32 Å². The molecule has 3 rings (SSSR count). The van der Waals surface area contributed by atoms with Gasteiger partial charge in [0.15, 0.2) is 0 Å². The molecule has 126 valence electrons. The van der Waals surface area contributed by atoms with Gasteiger partial charge in [-0.25, -0.2) is 0 Å². The van der Waals surface area contributed by atoms with Crippen molar-refractivity contribution in [2.45, 2.75) is 13.0 Å². The number of amides is 1. The lowest BCUT2D eigenvalue weighted by molar-refractivity contribution is 0.0766. The minimum atomic E-state index is 0.0619. The molecule has 2 aromatic carbocycles. The molecule has 1 saturated heterocycles. The highest BCUT2D eigenvalue weighted by molar-refractivity contribution is 6.30. The van der Waals surface area contributed by atoms with Gasteiger partial charge < -0.3 is 15.0 Å². The van der Waals surface area contributed by atoms with E-state index in [1.54, 1.807) is 0 Å². The molecule has 1 aliphatic rings. The van der Waals surface area contributed by atoms with E-state index in [1.165, 1.54) is 0 Å². The predicted octanol–water partition coefficient (Wildman–Crippen LogP) is 3.35. The van der Waals surface area contributed by atoms with Gasteiger partial charge in [-0.3, -0.25) is 4.79 Å². The van der Waals surface area contributed by atoms with Gasteiger partial charge in [-0.15, -0.1) is 0 Å². The highest BCUT2D eigenvalue weighted by Crippen LogP contribution is 2.18. The molecule has 2 aromatic rings. The van der Waals surface area contributed by atoms with E-state index in [-0.39, 0.29) is 5.91 Å². The molecule has 0 bridgehead atoms. The zero-order chi connectivity index (χ0) is 16.8. The summed E-state index contributed by atoms with van der Waals surface area (Å²) in [7, 11) is 0. The first-order valence-electron chi connectivity index (χ1n) is 8.20. The minimum Gasteiger partial charge on any atom is -0.489 e. The van der Waals surface area contributed by atoms with Crippen molar-refractivity contribution in [1.82, 2.24) is 10.2 Å². The number of hydrogen-bond donors (Lipinski definition) is 1. The van der Waals surface area contributed by atoms with Gasteiger partial charge in [0.1, 0.15) is 12.4 Å². The average molecular weight is 345 g/mol. The molecule has 0 atom stereocenters. The number of carbonyl (C=O) groups is 1. The van der Waals surface area contributed by atoms with Crippen molar-refractivity contribution in [3.05, 3.63) is 64.7 Å². The molecule has 4 nitrogen and oxygen atoms in total. The fraction of sp³-hybridized carbons (Fsp3) is 0.316. The second-order valence-corrected chi connectivity index (χ2v) is 6.28. The lowest BCUT2D eigenvalue weighted by Gasteiger charge is -2.20. The quantitative estimate of drug-likeness (QED) is 0.924. The molecule has 0 radical (unpaired) electrons. The second-order valence-electron chi connectivity index (χ2n) is 5.84. The number of benzene rings is 2. The fourth-order valence-electron chi connectivity index (χ4n) is 2.74. The summed E-state index contributed by atoms with van der Waals surface area (Å²) in [5.41, 5.74) is 1.67. The second kappa shape index (κ2) is 8.18. The van der Waals surface area contributed by atoms with Crippen LogP contribution in [0.25, 0.3) is 0 Å². The van der Waals surface area contributed by atoms with Crippen LogP contribution in [-0.4, -0.2) is 37.0 Å². The van der Waals surface area contributed by atoms with Gasteiger partial charge in [0.2, 0.25) is 0 Å². The van der Waals surface area contributed by atoms with Crippen molar-refractivity contribution in [3.8, 4) is 5.75 Å². The maximum atomic E-state index is 12.6. The molecule has 5 heteroatoms. The summed E-state index contributed by atoms with van der Waals surface area (Å²) in [6.45, 7) is 3.76. The molecule has 1 amide bonds. The van der Waals surface area contributed by atoms with E-state index in [0.717, 1.165) is 38.2 Å². The summed E-state index contributed by atoms with van der Waals surface area (Å²) >= 11 is 5.98. The fourth-order valence-corrected chi connectivity index (χ4v) is 2.96. The van der Waals surface area contributed by atoms with Crippen LogP contribution < -0.4 is 10.1 Å². The zero-order valence-electron chi connectivity index (χ0n) is 13.5. The van der Waals surface area contributed by atoms with Crippen molar-refractivity contribution in [3.63, 3.8) is 0 Å². The van der Waals surface area contributed by atoms with Crippen LogP contribution in [0.3, 0.4) is 0 Å². The molecular weight excluding hydrogens is 324 g/mol. The highest BCUT2D eigenvalue weighted by Gasteiger charge is 2.17. The van der Waals surface area contributed by atoms with E-state index < -0.39 is 0 Å². The summed E-state index contributed by atoms with van der Waals surface area (Å²) in [6, 6.07) is 14.9. The van der Waals surface area contributed by atoms with Gasteiger partial charge in [0.25, 0.3) is 5.91 Å². The molecule has 0 unspecified atom stereocenters. The largest absolute Gasteiger partial charge is 0.489 e. The number of rotatable bonds is 4. The number of nitrogens with zero attached hydrogens (tertiary/aromatic N) is 1. The third-order valence-corrected chi connectivity index (χ3v) is 4.24. The Morgan fingerprint density at radius 1 is 1.12 bits per heavy atom. The van der Waals surface area contributed by atoms with Gasteiger partial charge in [-0.1, -0.05) is 29.8 Å². The van der Waals surface area contributed by atoms with Crippen molar-refractivity contribution >= 4 is 17.5 Å². The van der Waals surface area contributed by atoms with Crippen molar-refractivity contribution in [2.24, 2.45) is 0 Å². The molecule has 1 aliphatic heterocycles. The number of hydrogen-bond acceptors (Lipinski definition) is 3. The zero-order valence-corrected chi connectivity index (χ0v) is 14.3. The van der Waals surface area contributed by atoms with E-state index in [0.29, 0.717) is 22.9 Å². The standard InChI is InChI=1S/C19H21ClN2O2/c20-17-6-1-4-15(12-17)14-24-18-7-2-5-16(13-18)19(23)22-10-3-8-21-9-11-22/h1-2,4-7,12-13,21H,3,8-11,14H2. The smallest absolute Gasteiger partial charge is 0.254 e. The Morgan fingerprint density at radius 3 is 2.88 bits per heavy atom. The normalized spacial score (nSPS) is 15.0. The number of halogens is 1. The van der Waals surface area contributed by atoms with Crippen molar-refractivity contribution in [2.75, 3.05) is 26.2 Å². The van der Waals surface area contributed by atoms with Crippen LogP contribution in [0, 0.1) is 0 Å². The maximum absolute atomic E-state index is 12.6. The minimum absolute atomic E-state index is 0.0619. The maximum Gasteiger partial charge on any atom is 0.254 e. The first-order valence-corrected chi connectivity index (χ1v) is 8.57. The Bertz CT molecular complexity index is 697. The lowest BCUT2D eigenvalue weighted by atomic mass is 10.2. The number of nitrogens with one attached hydrogen (secondary N) is 1. The molecule has 0 aliphatic carbocycles. The van der Waals surface area contributed by atoms with Crippen LogP contribution in [0.1, 0.15) is 22.3 Å². The summed E-state index contributed by atoms with van der Waals surface area (Å²) < 4.78 is 5.81. The molecule has 1 N–H and O–H groups in total. The van der Waals surface area contributed by atoms with Crippen LogP contribution in [0.15, 0.2) is 48.5 Å². The van der Waals surface area contributed by atoms with Gasteiger partial charge in [-0.2, -0.15) is 0 Å². The van der Waals surface area contributed by atoms with E-state index in [4.69, 9.17) is 16.3 Å². The first kappa shape index (κ1) is 16.8. The molecule has 0 saturated carbocycles. The average Bonchev–Trinajstić information content (AvgIpc) is 2.89. The highest BCUT2D eigenvalue weighted by atomic mass is 35.5. The summed E-state index contributed by atoms with van der Waals surface area (Å²) in [5.74, 6) is 0.751. The van der Waals surface area contributed by atoms with E-state index in [1.807, 2.05) is 53.4 Å². The van der Waals surface area contributed by atoms with E-state index >= 15 is 0 Å². The number of carbonyl (C=O) groups excluding carboxylic acids is 1. The number of ether oxygens (including phenoxy) is 1. The Kier molecular flexibility index (Phi) is 5.72. The Hall–Kier alpha value is -2.04. The van der Waals surface area contributed by atoms with Gasteiger partial charge >= 0.3 is 0 Å².